The standard InChI is InChI=1S/C14H18N4O5/c1-3-16-14(22)18-11(19)8(2)23-12(20)9-4-6-10(7-5-9)17-13(15)21/h4-8H,3H2,1-2H3,(H3,15,17,21)(H2,16,18,19,22). The topological polar surface area (TPSA) is 140 Å². The van der Waals surface area contributed by atoms with E-state index in [1.807, 2.05) is 5.32 Å². The highest BCUT2D eigenvalue weighted by Crippen LogP contribution is 2.11. The maximum absolute atomic E-state index is 11.9. The number of urea groups is 2. The second-order valence-electron chi connectivity index (χ2n) is 4.46. The van der Waals surface area contributed by atoms with Crippen molar-refractivity contribution in [2.75, 3.05) is 11.9 Å². The van der Waals surface area contributed by atoms with Crippen LogP contribution in [0, 0.1) is 0 Å². The lowest BCUT2D eigenvalue weighted by Crippen LogP contribution is -2.44. The van der Waals surface area contributed by atoms with Gasteiger partial charge in [0.1, 0.15) is 0 Å². The number of amides is 5. The molecule has 0 saturated carbocycles. The van der Waals surface area contributed by atoms with E-state index in [2.05, 4.69) is 10.6 Å². The van der Waals surface area contributed by atoms with Gasteiger partial charge < -0.3 is 21.1 Å². The largest absolute Gasteiger partial charge is 0.449 e. The lowest BCUT2D eigenvalue weighted by molar-refractivity contribution is -0.127. The smallest absolute Gasteiger partial charge is 0.338 e. The maximum atomic E-state index is 11.9. The normalized spacial score (nSPS) is 11.0. The number of carbonyl (C=O) groups is 4. The van der Waals surface area contributed by atoms with Gasteiger partial charge in [-0.15, -0.1) is 0 Å². The van der Waals surface area contributed by atoms with Crippen LogP contribution >= 0.6 is 0 Å². The fourth-order valence-electron chi connectivity index (χ4n) is 1.53. The molecule has 0 aromatic heterocycles. The SMILES string of the molecule is CCNC(=O)NC(=O)C(C)OC(=O)c1ccc(NC(N)=O)cc1. The number of benzene rings is 1. The molecular weight excluding hydrogens is 304 g/mol. The first-order valence-electron chi connectivity index (χ1n) is 6.79. The van der Waals surface area contributed by atoms with Gasteiger partial charge in [0, 0.05) is 12.2 Å². The van der Waals surface area contributed by atoms with Crippen LogP contribution in [0.5, 0.6) is 0 Å². The zero-order chi connectivity index (χ0) is 17.4. The van der Waals surface area contributed by atoms with Gasteiger partial charge >= 0.3 is 18.0 Å². The molecule has 0 bridgehead atoms. The minimum absolute atomic E-state index is 0.178. The minimum atomic E-state index is -1.14. The van der Waals surface area contributed by atoms with E-state index in [4.69, 9.17) is 10.5 Å². The fourth-order valence-corrected chi connectivity index (χ4v) is 1.53. The molecule has 0 radical (unpaired) electrons. The molecule has 0 heterocycles. The molecule has 5 N–H and O–H groups in total. The van der Waals surface area contributed by atoms with Crippen LogP contribution in [-0.4, -0.2) is 36.6 Å². The van der Waals surface area contributed by atoms with Crippen molar-refractivity contribution in [3.05, 3.63) is 29.8 Å². The lowest BCUT2D eigenvalue weighted by atomic mass is 10.2. The van der Waals surface area contributed by atoms with Crippen LogP contribution in [0.4, 0.5) is 15.3 Å². The van der Waals surface area contributed by atoms with Crippen LogP contribution < -0.4 is 21.7 Å². The molecule has 9 heteroatoms. The summed E-state index contributed by atoms with van der Waals surface area (Å²) in [7, 11) is 0. The van der Waals surface area contributed by atoms with Crippen LogP contribution in [0.25, 0.3) is 0 Å². The predicted molar refractivity (Wildman–Crippen MR) is 81.7 cm³/mol. The Kier molecular flexibility index (Phi) is 6.53. The Morgan fingerprint density at radius 1 is 1.17 bits per heavy atom. The Morgan fingerprint density at radius 3 is 2.30 bits per heavy atom. The second-order valence-corrected chi connectivity index (χ2v) is 4.46. The fraction of sp³-hybridized carbons (Fsp3) is 0.286. The number of primary amides is 1. The van der Waals surface area contributed by atoms with Crippen LogP contribution in [0.15, 0.2) is 24.3 Å². The summed E-state index contributed by atoms with van der Waals surface area (Å²) in [5, 5.41) is 6.76. The number of carbonyl (C=O) groups excluding carboxylic acids is 4. The predicted octanol–water partition coefficient (Wildman–Crippen LogP) is 0.568. The molecule has 124 valence electrons. The van der Waals surface area contributed by atoms with Crippen molar-refractivity contribution >= 4 is 29.6 Å². The monoisotopic (exact) mass is 322 g/mol. The summed E-state index contributed by atoms with van der Waals surface area (Å²) in [6.45, 7) is 3.40. The zero-order valence-electron chi connectivity index (χ0n) is 12.7. The molecule has 0 aliphatic carbocycles. The third-order valence-corrected chi connectivity index (χ3v) is 2.62. The number of esters is 1. The van der Waals surface area contributed by atoms with Crippen molar-refractivity contribution in [3.8, 4) is 0 Å². The van der Waals surface area contributed by atoms with Crippen LogP contribution in [0.1, 0.15) is 24.2 Å². The van der Waals surface area contributed by atoms with Crippen molar-refractivity contribution in [2.45, 2.75) is 20.0 Å². The van der Waals surface area contributed by atoms with Crippen LogP contribution in [0.3, 0.4) is 0 Å². The van der Waals surface area contributed by atoms with E-state index in [1.54, 1.807) is 6.92 Å². The highest BCUT2D eigenvalue weighted by atomic mass is 16.5. The molecule has 0 spiro atoms. The van der Waals surface area contributed by atoms with E-state index in [0.717, 1.165) is 0 Å². The molecule has 1 rings (SSSR count). The molecule has 1 aromatic rings. The molecule has 1 aromatic carbocycles. The van der Waals surface area contributed by atoms with E-state index in [1.165, 1.54) is 31.2 Å². The van der Waals surface area contributed by atoms with Crippen molar-refractivity contribution in [3.63, 3.8) is 0 Å². The molecule has 0 aliphatic rings. The molecule has 23 heavy (non-hydrogen) atoms. The summed E-state index contributed by atoms with van der Waals surface area (Å²) in [5.74, 6) is -1.48. The van der Waals surface area contributed by atoms with Crippen molar-refractivity contribution in [1.29, 1.82) is 0 Å². The van der Waals surface area contributed by atoms with Gasteiger partial charge in [-0.2, -0.15) is 0 Å². The Bertz CT molecular complexity index is 600. The first-order chi connectivity index (χ1) is 10.8. The number of hydrogen-bond donors (Lipinski definition) is 4. The molecule has 0 fully saturated rings. The van der Waals surface area contributed by atoms with Crippen molar-refractivity contribution in [2.24, 2.45) is 5.73 Å². The summed E-state index contributed by atoms with van der Waals surface area (Å²) in [6.07, 6.45) is -1.14. The highest BCUT2D eigenvalue weighted by Gasteiger charge is 2.20. The summed E-state index contributed by atoms with van der Waals surface area (Å²) < 4.78 is 4.96. The first-order valence-corrected chi connectivity index (χ1v) is 6.79. The first kappa shape index (κ1) is 18.0. The Labute approximate surface area is 132 Å². The summed E-state index contributed by atoms with van der Waals surface area (Å²) >= 11 is 0. The maximum Gasteiger partial charge on any atom is 0.338 e. The summed E-state index contributed by atoms with van der Waals surface area (Å²) in [4.78, 5) is 45.4. The number of nitrogens with two attached hydrogens (primary N) is 1. The molecular formula is C14H18N4O5. The van der Waals surface area contributed by atoms with Crippen molar-refractivity contribution < 1.29 is 23.9 Å². The van der Waals surface area contributed by atoms with Gasteiger partial charge in [0.25, 0.3) is 5.91 Å². The van der Waals surface area contributed by atoms with Gasteiger partial charge in [-0.3, -0.25) is 10.1 Å². The van der Waals surface area contributed by atoms with E-state index in [9.17, 15) is 19.2 Å². The van der Waals surface area contributed by atoms with Gasteiger partial charge in [-0.25, -0.2) is 14.4 Å². The van der Waals surface area contributed by atoms with Gasteiger partial charge in [0.05, 0.1) is 5.56 Å². The second kappa shape index (κ2) is 8.37. The summed E-state index contributed by atoms with van der Waals surface area (Å²) in [6, 6.07) is 4.34. The van der Waals surface area contributed by atoms with Gasteiger partial charge in [0.2, 0.25) is 0 Å². The van der Waals surface area contributed by atoms with Gasteiger partial charge in [0.15, 0.2) is 6.10 Å². The number of imide groups is 1. The lowest BCUT2D eigenvalue weighted by Gasteiger charge is -2.13. The summed E-state index contributed by atoms with van der Waals surface area (Å²) in [5.41, 5.74) is 5.56. The number of nitrogens with one attached hydrogen (secondary N) is 3. The molecule has 5 amide bonds. The molecule has 0 aliphatic heterocycles. The quantitative estimate of drug-likeness (QED) is 0.587. The van der Waals surface area contributed by atoms with E-state index in [-0.39, 0.29) is 5.56 Å². The third kappa shape index (κ3) is 6.04. The van der Waals surface area contributed by atoms with E-state index >= 15 is 0 Å². The minimum Gasteiger partial charge on any atom is -0.449 e. The number of hydrogen-bond acceptors (Lipinski definition) is 5. The van der Waals surface area contributed by atoms with Gasteiger partial charge in [-0.05, 0) is 38.1 Å². The number of anilines is 1. The zero-order valence-corrected chi connectivity index (χ0v) is 12.7. The molecule has 9 nitrogen and oxygen atoms in total. The van der Waals surface area contributed by atoms with E-state index in [0.29, 0.717) is 12.2 Å². The van der Waals surface area contributed by atoms with E-state index < -0.39 is 30.0 Å². The van der Waals surface area contributed by atoms with Crippen LogP contribution in [-0.2, 0) is 9.53 Å². The Balaban J connectivity index is 2.59. The Hall–Kier alpha value is -3.10. The van der Waals surface area contributed by atoms with Gasteiger partial charge in [-0.1, -0.05) is 0 Å². The number of rotatable bonds is 5. The number of ether oxygens (including phenoxy) is 1. The van der Waals surface area contributed by atoms with Crippen LogP contribution in [0.2, 0.25) is 0 Å². The third-order valence-electron chi connectivity index (χ3n) is 2.62. The molecule has 1 atom stereocenters. The van der Waals surface area contributed by atoms with Crippen molar-refractivity contribution in [1.82, 2.24) is 10.6 Å². The average molecular weight is 322 g/mol. The average Bonchev–Trinajstić information content (AvgIpc) is 2.47. The Morgan fingerprint density at radius 2 is 1.78 bits per heavy atom. The molecule has 1 unspecified atom stereocenters. The highest BCUT2D eigenvalue weighted by molar-refractivity contribution is 5.98. The molecule has 0 saturated heterocycles.